The number of hydrogen-bond acceptors (Lipinski definition) is 4. The summed E-state index contributed by atoms with van der Waals surface area (Å²) in [6.07, 6.45) is 1.42. The molecule has 0 bridgehead atoms. The minimum Gasteiger partial charge on any atom is -0.458 e. The molecule has 1 saturated heterocycles. The number of hydrogen-bond donors (Lipinski definition) is 2. The molecule has 6 nitrogen and oxygen atoms in total. The largest absolute Gasteiger partial charge is 0.458 e. The molecule has 16 heavy (non-hydrogen) atoms. The molecule has 0 radical (unpaired) electrons. The minimum atomic E-state index is -0.537. The summed E-state index contributed by atoms with van der Waals surface area (Å²) in [6, 6.07) is -0.948. The monoisotopic (exact) mass is 229 g/mol. The van der Waals surface area contributed by atoms with Crippen molar-refractivity contribution < 1.29 is 14.3 Å². The van der Waals surface area contributed by atoms with E-state index in [-0.39, 0.29) is 5.97 Å². The van der Waals surface area contributed by atoms with Gasteiger partial charge in [-0.25, -0.2) is 15.4 Å². The van der Waals surface area contributed by atoms with E-state index in [1.165, 1.54) is 4.90 Å². The zero-order valence-corrected chi connectivity index (χ0v) is 9.95. The summed E-state index contributed by atoms with van der Waals surface area (Å²) in [5.41, 5.74) is 1.50. The van der Waals surface area contributed by atoms with Gasteiger partial charge >= 0.3 is 12.0 Å². The van der Waals surface area contributed by atoms with Crippen LogP contribution in [0.15, 0.2) is 0 Å². The fourth-order valence-electron chi connectivity index (χ4n) is 1.71. The molecule has 1 heterocycles. The van der Waals surface area contributed by atoms with E-state index in [1.54, 1.807) is 20.8 Å². The molecular formula is C10H19N3O3. The standard InChI is InChI=1S/C10H19N3O3/c1-10(2,3)16-8(14)7-5-4-6-13(7)9(15)12-11/h7H,4-6,11H2,1-3H3,(H,12,15)/t7-/m0/s1. The van der Waals surface area contributed by atoms with Gasteiger partial charge in [-0.2, -0.15) is 0 Å². The summed E-state index contributed by atoms with van der Waals surface area (Å²) in [4.78, 5) is 24.6. The molecule has 0 aliphatic carbocycles. The van der Waals surface area contributed by atoms with Crippen LogP contribution in [-0.4, -0.2) is 35.1 Å². The molecule has 1 atom stereocenters. The highest BCUT2D eigenvalue weighted by atomic mass is 16.6. The van der Waals surface area contributed by atoms with Crippen LogP contribution in [0.25, 0.3) is 0 Å². The maximum atomic E-state index is 11.8. The van der Waals surface area contributed by atoms with E-state index >= 15 is 0 Å². The number of ether oxygens (including phenoxy) is 1. The first-order valence-corrected chi connectivity index (χ1v) is 5.35. The van der Waals surface area contributed by atoms with Crippen LogP contribution in [0.5, 0.6) is 0 Å². The second-order valence-electron chi connectivity index (χ2n) is 4.83. The topological polar surface area (TPSA) is 84.7 Å². The number of urea groups is 1. The average molecular weight is 229 g/mol. The number of likely N-dealkylation sites (tertiary alicyclic amines) is 1. The Morgan fingerprint density at radius 3 is 2.56 bits per heavy atom. The van der Waals surface area contributed by atoms with Crippen molar-refractivity contribution in [1.29, 1.82) is 0 Å². The number of nitrogens with two attached hydrogens (primary N) is 1. The lowest BCUT2D eigenvalue weighted by Crippen LogP contribution is -2.49. The van der Waals surface area contributed by atoms with Crippen LogP contribution in [0.1, 0.15) is 33.6 Å². The SMILES string of the molecule is CC(C)(C)OC(=O)[C@@H]1CCCN1C(=O)NN. The summed E-state index contributed by atoms with van der Waals surface area (Å²) < 4.78 is 5.25. The van der Waals surface area contributed by atoms with Crippen LogP contribution in [0, 0.1) is 0 Å². The van der Waals surface area contributed by atoms with Gasteiger partial charge in [0.2, 0.25) is 0 Å². The highest BCUT2D eigenvalue weighted by Gasteiger charge is 2.36. The molecule has 0 aromatic rings. The number of carbonyl (C=O) groups is 2. The molecule has 0 spiro atoms. The van der Waals surface area contributed by atoms with Gasteiger partial charge < -0.3 is 9.64 Å². The van der Waals surface area contributed by atoms with E-state index in [1.807, 2.05) is 5.43 Å². The lowest BCUT2D eigenvalue weighted by Gasteiger charge is -2.26. The highest BCUT2D eigenvalue weighted by Crippen LogP contribution is 2.20. The van der Waals surface area contributed by atoms with E-state index in [0.717, 1.165) is 6.42 Å². The van der Waals surface area contributed by atoms with Gasteiger partial charge in [-0.05, 0) is 33.6 Å². The fourth-order valence-corrected chi connectivity index (χ4v) is 1.71. The highest BCUT2D eigenvalue weighted by molar-refractivity contribution is 5.84. The van der Waals surface area contributed by atoms with Crippen LogP contribution < -0.4 is 11.3 Å². The second-order valence-corrected chi connectivity index (χ2v) is 4.83. The van der Waals surface area contributed by atoms with Crippen molar-refractivity contribution >= 4 is 12.0 Å². The fraction of sp³-hybridized carbons (Fsp3) is 0.800. The van der Waals surface area contributed by atoms with E-state index in [0.29, 0.717) is 13.0 Å². The predicted octanol–water partition coefficient (Wildman–Crippen LogP) is 0.376. The summed E-state index contributed by atoms with van der Waals surface area (Å²) in [5.74, 6) is 4.68. The predicted molar refractivity (Wildman–Crippen MR) is 58.3 cm³/mol. The Bertz CT molecular complexity index is 286. The van der Waals surface area contributed by atoms with Gasteiger partial charge in [0.05, 0.1) is 0 Å². The molecule has 0 aromatic heterocycles. The Labute approximate surface area is 95.1 Å². The number of hydrazine groups is 1. The first kappa shape index (κ1) is 12.8. The number of amides is 2. The molecule has 1 aliphatic heterocycles. The molecular weight excluding hydrogens is 210 g/mol. The lowest BCUT2D eigenvalue weighted by atomic mass is 10.1. The number of rotatable bonds is 1. The molecule has 6 heteroatoms. The van der Waals surface area contributed by atoms with Gasteiger partial charge in [-0.15, -0.1) is 0 Å². The van der Waals surface area contributed by atoms with Crippen LogP contribution in [0.3, 0.4) is 0 Å². The summed E-state index contributed by atoms with van der Waals surface area (Å²) in [5, 5.41) is 0. The number of nitrogens with zero attached hydrogens (tertiary/aromatic N) is 1. The van der Waals surface area contributed by atoms with E-state index in [2.05, 4.69) is 0 Å². The van der Waals surface area contributed by atoms with Gasteiger partial charge in [0.25, 0.3) is 0 Å². The third-order valence-corrected chi connectivity index (χ3v) is 2.32. The molecule has 0 unspecified atom stereocenters. The Morgan fingerprint density at radius 1 is 1.44 bits per heavy atom. The molecule has 0 saturated carbocycles. The second kappa shape index (κ2) is 4.69. The molecule has 1 rings (SSSR count). The summed E-state index contributed by atoms with van der Waals surface area (Å²) in [7, 11) is 0. The van der Waals surface area contributed by atoms with Gasteiger partial charge in [-0.1, -0.05) is 0 Å². The first-order valence-electron chi connectivity index (χ1n) is 5.35. The maximum absolute atomic E-state index is 11.8. The summed E-state index contributed by atoms with van der Waals surface area (Å²) >= 11 is 0. The number of esters is 1. The van der Waals surface area contributed by atoms with Crippen molar-refractivity contribution in [3.63, 3.8) is 0 Å². The third-order valence-electron chi connectivity index (χ3n) is 2.32. The van der Waals surface area contributed by atoms with Gasteiger partial charge in [0, 0.05) is 6.54 Å². The Balaban J connectivity index is 2.65. The van der Waals surface area contributed by atoms with Crippen LogP contribution in [0.4, 0.5) is 4.79 Å². The van der Waals surface area contributed by atoms with Crippen molar-refractivity contribution in [3.05, 3.63) is 0 Å². The Hall–Kier alpha value is -1.30. The molecule has 1 aliphatic rings. The molecule has 3 N–H and O–H groups in total. The van der Waals surface area contributed by atoms with Crippen LogP contribution in [-0.2, 0) is 9.53 Å². The zero-order valence-electron chi connectivity index (χ0n) is 9.95. The molecule has 92 valence electrons. The van der Waals surface area contributed by atoms with E-state index < -0.39 is 17.7 Å². The lowest BCUT2D eigenvalue weighted by molar-refractivity contribution is -0.159. The molecule has 1 fully saturated rings. The smallest absolute Gasteiger partial charge is 0.332 e. The molecule has 0 aromatic carbocycles. The quantitative estimate of drug-likeness (QED) is 0.294. The normalized spacial score (nSPS) is 20.8. The number of nitrogens with one attached hydrogen (secondary N) is 1. The zero-order chi connectivity index (χ0) is 12.3. The van der Waals surface area contributed by atoms with E-state index in [9.17, 15) is 9.59 Å². The van der Waals surface area contributed by atoms with Gasteiger partial charge in [0.15, 0.2) is 0 Å². The average Bonchev–Trinajstić information content (AvgIpc) is 2.62. The maximum Gasteiger partial charge on any atom is 0.332 e. The van der Waals surface area contributed by atoms with Crippen molar-refractivity contribution in [2.24, 2.45) is 5.84 Å². The third kappa shape index (κ3) is 3.10. The van der Waals surface area contributed by atoms with Crippen LogP contribution in [0.2, 0.25) is 0 Å². The van der Waals surface area contributed by atoms with Gasteiger partial charge in [-0.3, -0.25) is 5.43 Å². The Morgan fingerprint density at radius 2 is 2.06 bits per heavy atom. The van der Waals surface area contributed by atoms with Gasteiger partial charge in [0.1, 0.15) is 11.6 Å². The Kier molecular flexibility index (Phi) is 3.74. The molecule has 2 amide bonds. The first-order chi connectivity index (χ1) is 7.35. The van der Waals surface area contributed by atoms with Crippen molar-refractivity contribution in [3.8, 4) is 0 Å². The number of carbonyl (C=O) groups excluding carboxylic acids is 2. The van der Waals surface area contributed by atoms with Crippen molar-refractivity contribution in [1.82, 2.24) is 10.3 Å². The van der Waals surface area contributed by atoms with Crippen LogP contribution >= 0.6 is 0 Å². The van der Waals surface area contributed by atoms with E-state index in [4.69, 9.17) is 10.6 Å². The van der Waals surface area contributed by atoms with Crippen molar-refractivity contribution in [2.75, 3.05) is 6.54 Å². The summed E-state index contributed by atoms with van der Waals surface area (Å²) in [6.45, 7) is 5.93. The minimum absolute atomic E-state index is 0.367. The van der Waals surface area contributed by atoms with Crippen molar-refractivity contribution in [2.45, 2.75) is 45.3 Å².